The standard InChI is InChI=1S/C21H19ClN2O2/c22-14-6-13-10-23-11-17(13)18(7-14)21(26)8-15-16(9-21)19(15)24-20(25)12-4-2-1-3-5-12/h1-7,10,15-16,19,26H,8-9,11H2,(H,24,25)/t15-,16+,19?,21?. The largest absolute Gasteiger partial charge is 0.385 e. The van der Waals surface area contributed by atoms with Crippen LogP contribution in [0.3, 0.4) is 0 Å². The van der Waals surface area contributed by atoms with E-state index in [1.165, 1.54) is 0 Å². The van der Waals surface area contributed by atoms with Gasteiger partial charge in [-0.05, 0) is 65.6 Å². The minimum absolute atomic E-state index is 0.0365. The second-order valence-corrected chi connectivity index (χ2v) is 8.06. The molecule has 0 aromatic heterocycles. The van der Waals surface area contributed by atoms with E-state index in [2.05, 4.69) is 10.3 Å². The molecule has 1 amide bonds. The third-order valence-electron chi connectivity index (χ3n) is 6.04. The predicted octanol–water partition coefficient (Wildman–Crippen LogP) is 3.30. The number of aliphatic imine (C=N–C) groups is 1. The Balaban J connectivity index is 1.31. The van der Waals surface area contributed by atoms with Crippen LogP contribution in [0.4, 0.5) is 0 Å². The number of nitrogens with one attached hydrogen (secondary N) is 1. The number of rotatable bonds is 3. The van der Waals surface area contributed by atoms with Crippen LogP contribution < -0.4 is 5.32 Å². The minimum Gasteiger partial charge on any atom is -0.385 e. The number of fused-ring (bicyclic) bond motifs is 2. The summed E-state index contributed by atoms with van der Waals surface area (Å²) < 4.78 is 0. The first-order chi connectivity index (χ1) is 12.5. The molecule has 1 heterocycles. The van der Waals surface area contributed by atoms with Crippen molar-refractivity contribution in [1.29, 1.82) is 0 Å². The van der Waals surface area contributed by atoms with E-state index < -0.39 is 5.60 Å². The second-order valence-electron chi connectivity index (χ2n) is 7.62. The van der Waals surface area contributed by atoms with Gasteiger partial charge in [0.2, 0.25) is 0 Å². The highest BCUT2D eigenvalue weighted by molar-refractivity contribution is 6.31. The molecule has 4 atom stereocenters. The summed E-state index contributed by atoms with van der Waals surface area (Å²) in [7, 11) is 0. The maximum atomic E-state index is 12.3. The smallest absolute Gasteiger partial charge is 0.251 e. The Hall–Kier alpha value is -2.17. The normalized spacial score (nSPS) is 30.8. The van der Waals surface area contributed by atoms with Crippen molar-refractivity contribution in [2.24, 2.45) is 16.8 Å². The van der Waals surface area contributed by atoms with Gasteiger partial charge in [0.25, 0.3) is 5.91 Å². The first kappa shape index (κ1) is 16.0. The van der Waals surface area contributed by atoms with Crippen LogP contribution >= 0.6 is 11.6 Å². The van der Waals surface area contributed by atoms with E-state index in [9.17, 15) is 9.90 Å². The molecule has 1 aliphatic heterocycles. The van der Waals surface area contributed by atoms with Crippen molar-refractivity contribution in [3.05, 3.63) is 69.7 Å². The lowest BCUT2D eigenvalue weighted by Crippen LogP contribution is -2.34. The molecule has 132 valence electrons. The zero-order chi connectivity index (χ0) is 17.9. The summed E-state index contributed by atoms with van der Waals surface area (Å²) in [5, 5.41) is 15.1. The van der Waals surface area contributed by atoms with Crippen LogP contribution in [0.25, 0.3) is 0 Å². The molecule has 26 heavy (non-hydrogen) atoms. The Morgan fingerprint density at radius 2 is 1.92 bits per heavy atom. The molecule has 0 radical (unpaired) electrons. The summed E-state index contributed by atoms with van der Waals surface area (Å²) in [6.07, 6.45) is 3.14. The molecule has 2 saturated carbocycles. The first-order valence-electron chi connectivity index (χ1n) is 8.96. The maximum Gasteiger partial charge on any atom is 0.251 e. The minimum atomic E-state index is -0.869. The molecule has 0 bridgehead atoms. The molecule has 2 N–H and O–H groups in total. The van der Waals surface area contributed by atoms with Crippen LogP contribution in [-0.2, 0) is 12.1 Å². The van der Waals surface area contributed by atoms with Gasteiger partial charge in [0, 0.05) is 22.8 Å². The average molecular weight is 367 g/mol. The van der Waals surface area contributed by atoms with Crippen LogP contribution in [0.2, 0.25) is 5.02 Å². The van der Waals surface area contributed by atoms with Gasteiger partial charge in [-0.2, -0.15) is 0 Å². The predicted molar refractivity (Wildman–Crippen MR) is 101 cm³/mol. The average Bonchev–Trinajstić information content (AvgIpc) is 3.01. The summed E-state index contributed by atoms with van der Waals surface area (Å²) in [6, 6.07) is 13.2. The fraction of sp³-hybridized carbons (Fsp3) is 0.333. The Bertz CT molecular complexity index is 913. The zero-order valence-corrected chi connectivity index (χ0v) is 14.9. The highest BCUT2D eigenvalue weighted by Crippen LogP contribution is 2.60. The lowest BCUT2D eigenvalue weighted by atomic mass is 9.84. The van der Waals surface area contributed by atoms with Crippen molar-refractivity contribution < 1.29 is 9.90 Å². The van der Waals surface area contributed by atoms with Crippen molar-refractivity contribution in [2.75, 3.05) is 0 Å². The number of hydrogen-bond donors (Lipinski definition) is 2. The van der Waals surface area contributed by atoms with Crippen molar-refractivity contribution >= 4 is 23.7 Å². The molecule has 5 heteroatoms. The number of amides is 1. The van der Waals surface area contributed by atoms with E-state index in [1.54, 1.807) is 0 Å². The van der Waals surface area contributed by atoms with Crippen LogP contribution in [0.5, 0.6) is 0 Å². The molecule has 4 nitrogen and oxygen atoms in total. The van der Waals surface area contributed by atoms with Crippen molar-refractivity contribution in [3.8, 4) is 0 Å². The summed E-state index contributed by atoms with van der Waals surface area (Å²) in [4.78, 5) is 16.7. The number of carbonyl (C=O) groups excluding carboxylic acids is 1. The third-order valence-corrected chi connectivity index (χ3v) is 6.26. The Morgan fingerprint density at radius 3 is 2.65 bits per heavy atom. The molecule has 0 spiro atoms. The van der Waals surface area contributed by atoms with Gasteiger partial charge in [0.15, 0.2) is 0 Å². The molecule has 3 aliphatic rings. The van der Waals surface area contributed by atoms with Crippen molar-refractivity contribution in [2.45, 2.75) is 31.0 Å². The summed E-state index contributed by atoms with van der Waals surface area (Å²) in [5.41, 5.74) is 2.82. The number of halogens is 1. The zero-order valence-electron chi connectivity index (χ0n) is 14.2. The summed E-state index contributed by atoms with van der Waals surface area (Å²) in [5.74, 6) is 0.611. The van der Waals surface area contributed by atoms with E-state index >= 15 is 0 Å². The number of hydrogen-bond acceptors (Lipinski definition) is 3. The van der Waals surface area contributed by atoms with Crippen molar-refractivity contribution in [1.82, 2.24) is 5.32 Å². The topological polar surface area (TPSA) is 61.7 Å². The molecule has 2 unspecified atom stereocenters. The second kappa shape index (κ2) is 5.66. The fourth-order valence-electron chi connectivity index (χ4n) is 4.72. The van der Waals surface area contributed by atoms with E-state index in [4.69, 9.17) is 11.6 Å². The summed E-state index contributed by atoms with van der Waals surface area (Å²) >= 11 is 6.25. The van der Waals surface area contributed by atoms with Gasteiger partial charge in [-0.1, -0.05) is 29.8 Å². The van der Waals surface area contributed by atoms with Crippen LogP contribution in [0.1, 0.15) is 39.9 Å². The van der Waals surface area contributed by atoms with E-state index in [1.807, 2.05) is 48.7 Å². The molecule has 2 aromatic carbocycles. The lowest BCUT2D eigenvalue weighted by Gasteiger charge is -2.29. The van der Waals surface area contributed by atoms with E-state index in [0.717, 1.165) is 16.7 Å². The van der Waals surface area contributed by atoms with Gasteiger partial charge >= 0.3 is 0 Å². The highest BCUT2D eigenvalue weighted by Gasteiger charge is 2.62. The fourth-order valence-corrected chi connectivity index (χ4v) is 4.95. The highest BCUT2D eigenvalue weighted by atomic mass is 35.5. The van der Waals surface area contributed by atoms with Gasteiger partial charge in [-0.15, -0.1) is 0 Å². The van der Waals surface area contributed by atoms with Crippen LogP contribution in [0, 0.1) is 11.8 Å². The number of aliphatic hydroxyl groups is 1. The molecule has 2 aromatic rings. The number of nitrogens with zero attached hydrogens (tertiary/aromatic N) is 1. The third kappa shape index (κ3) is 2.48. The molecule has 2 aliphatic carbocycles. The van der Waals surface area contributed by atoms with Crippen LogP contribution in [-0.4, -0.2) is 23.3 Å². The number of carbonyl (C=O) groups is 1. The van der Waals surface area contributed by atoms with E-state index in [0.29, 0.717) is 41.8 Å². The molecule has 2 fully saturated rings. The van der Waals surface area contributed by atoms with Crippen LogP contribution in [0.15, 0.2) is 47.5 Å². The molecule has 0 saturated heterocycles. The Morgan fingerprint density at radius 1 is 1.19 bits per heavy atom. The van der Waals surface area contributed by atoms with Gasteiger partial charge in [0.1, 0.15) is 0 Å². The van der Waals surface area contributed by atoms with E-state index in [-0.39, 0.29) is 11.9 Å². The summed E-state index contributed by atoms with van der Waals surface area (Å²) in [6.45, 7) is 0.605. The van der Waals surface area contributed by atoms with Gasteiger partial charge in [-0.25, -0.2) is 0 Å². The number of benzene rings is 2. The van der Waals surface area contributed by atoms with Gasteiger partial charge in [-0.3, -0.25) is 9.79 Å². The Labute approximate surface area is 156 Å². The quantitative estimate of drug-likeness (QED) is 0.875. The first-order valence-corrected chi connectivity index (χ1v) is 9.34. The maximum absolute atomic E-state index is 12.3. The molecule has 5 rings (SSSR count). The van der Waals surface area contributed by atoms with Gasteiger partial charge < -0.3 is 10.4 Å². The Kier molecular flexibility index (Phi) is 3.49. The molecular weight excluding hydrogens is 348 g/mol. The SMILES string of the molecule is O=C(NC1[C@H]2CC(O)(c3cc(Cl)cc4c3CN=C4)C[C@@H]12)c1ccccc1. The van der Waals surface area contributed by atoms with Gasteiger partial charge in [0.05, 0.1) is 12.1 Å². The monoisotopic (exact) mass is 366 g/mol. The van der Waals surface area contributed by atoms with Crippen molar-refractivity contribution in [3.63, 3.8) is 0 Å². The molecular formula is C21H19ClN2O2. The lowest BCUT2D eigenvalue weighted by molar-refractivity contribution is 0.0270.